The first kappa shape index (κ1) is 30.0. The Hall–Kier alpha value is -3.96. The molecule has 0 aromatic rings. The number of amides is 2. The minimum atomic E-state index is -1.43. The topological polar surface area (TPSA) is 256 Å². The predicted molar refractivity (Wildman–Crippen MR) is 135 cm³/mol. The van der Waals surface area contributed by atoms with Gasteiger partial charge in [0, 0.05) is 12.6 Å². The third kappa shape index (κ3) is 13.5. The summed E-state index contributed by atoms with van der Waals surface area (Å²) in [6, 6.07) is -1.21. The van der Waals surface area contributed by atoms with E-state index in [-0.39, 0.29) is 36.3 Å². The molecule has 14 heteroatoms. The lowest BCUT2D eigenvalue weighted by Gasteiger charge is -2.20. The summed E-state index contributed by atoms with van der Waals surface area (Å²) >= 11 is 0.978. The quantitative estimate of drug-likeness (QED) is 0.0323. The van der Waals surface area contributed by atoms with Gasteiger partial charge < -0.3 is 45.0 Å². The molecular weight excluding hydrogens is 460 g/mol. The highest BCUT2D eigenvalue weighted by Gasteiger charge is 2.26. The van der Waals surface area contributed by atoms with E-state index in [4.69, 9.17) is 34.4 Å². The second-order valence-corrected chi connectivity index (χ2v) is 7.75. The number of rotatable bonds is 13. The highest BCUT2D eigenvalue weighted by atomic mass is 32.2. The highest BCUT2D eigenvalue weighted by Crippen LogP contribution is 2.16. The zero-order valence-electron chi connectivity index (χ0n) is 18.9. The Balaban J connectivity index is 5.14. The standard InChI is InChI=1S/C20H32N10O3S/c1-13(34-11-8-21)16(32)14(6-3-4-9-27-18(22)23)30-15(31)12-29-17(33)20(2,26)7-5-10-28-19(24)25/h5,7-8,11,14H,1,4,9-10,12,21,26H2,2H3,(H,29,33)(H,30,31)(H4,22,23,27)(H4,24,25,28)/b7-5+,11-8-/t14?,20-/m1/s1. The molecule has 0 aliphatic rings. The van der Waals surface area contributed by atoms with Crippen molar-refractivity contribution in [3.63, 3.8) is 0 Å². The van der Waals surface area contributed by atoms with Crippen LogP contribution in [-0.2, 0) is 14.4 Å². The minimum absolute atomic E-state index is 0.0881. The van der Waals surface area contributed by atoms with Crippen molar-refractivity contribution in [1.29, 1.82) is 0 Å². The molecule has 2 amide bonds. The van der Waals surface area contributed by atoms with E-state index in [2.05, 4.69) is 39.0 Å². The molecule has 14 N–H and O–H groups in total. The van der Waals surface area contributed by atoms with Crippen LogP contribution in [0.5, 0.6) is 0 Å². The zero-order valence-corrected chi connectivity index (χ0v) is 19.7. The Bertz CT molecular complexity index is 921. The van der Waals surface area contributed by atoms with Crippen LogP contribution in [0.25, 0.3) is 0 Å². The van der Waals surface area contributed by atoms with Crippen molar-refractivity contribution < 1.29 is 14.4 Å². The van der Waals surface area contributed by atoms with Crippen LogP contribution in [0.15, 0.2) is 45.2 Å². The normalized spacial score (nSPS) is 13.1. The molecule has 34 heavy (non-hydrogen) atoms. The summed E-state index contributed by atoms with van der Waals surface area (Å²) in [4.78, 5) is 44.9. The predicted octanol–water partition coefficient (Wildman–Crippen LogP) is -2.95. The molecule has 0 saturated carbocycles. The summed E-state index contributed by atoms with van der Waals surface area (Å²) in [5, 5.41) is 6.30. The monoisotopic (exact) mass is 492 g/mol. The summed E-state index contributed by atoms with van der Waals surface area (Å²) < 4.78 is 0. The van der Waals surface area contributed by atoms with Crippen LogP contribution >= 0.6 is 11.8 Å². The summed E-state index contributed by atoms with van der Waals surface area (Å²) in [5.74, 6) is 3.34. The Morgan fingerprint density at radius 2 is 1.82 bits per heavy atom. The molecule has 2 atom stereocenters. The Morgan fingerprint density at radius 1 is 1.18 bits per heavy atom. The molecule has 0 fully saturated rings. The summed E-state index contributed by atoms with van der Waals surface area (Å²) in [6.45, 7) is 5.00. The number of carbonyl (C=O) groups is 3. The first-order valence-corrected chi connectivity index (χ1v) is 10.7. The lowest BCUT2D eigenvalue weighted by molar-refractivity contribution is -0.128. The van der Waals surface area contributed by atoms with Crippen molar-refractivity contribution in [2.24, 2.45) is 44.4 Å². The number of nitrogens with zero attached hydrogens (tertiary/aromatic N) is 2. The molecule has 0 saturated heterocycles. The molecule has 0 heterocycles. The van der Waals surface area contributed by atoms with Gasteiger partial charge in [-0.3, -0.25) is 19.4 Å². The van der Waals surface area contributed by atoms with E-state index >= 15 is 0 Å². The molecule has 0 aromatic carbocycles. The van der Waals surface area contributed by atoms with Gasteiger partial charge in [-0.15, -0.1) is 0 Å². The molecule has 0 aliphatic carbocycles. The number of hydrogen-bond acceptors (Lipinski definition) is 8. The summed E-state index contributed by atoms with van der Waals surface area (Å²) in [7, 11) is 0. The molecule has 0 rings (SSSR count). The maximum Gasteiger partial charge on any atom is 0.244 e. The van der Waals surface area contributed by atoms with Crippen molar-refractivity contribution >= 4 is 41.3 Å². The molecule has 0 aromatic heterocycles. The molecule has 186 valence electrons. The van der Waals surface area contributed by atoms with Gasteiger partial charge in [-0.2, -0.15) is 0 Å². The minimum Gasteiger partial charge on any atom is -0.404 e. The number of thioether (sulfide) groups is 1. The van der Waals surface area contributed by atoms with Crippen LogP contribution in [0.4, 0.5) is 0 Å². The SMILES string of the molecule is C=C(S/C=C\N)C(=O)C(C#CCCN=C(N)N)NC(=O)CNC(=O)[C@](C)(N)/C=C/CN=C(N)N. The van der Waals surface area contributed by atoms with Crippen LogP contribution in [-0.4, -0.2) is 60.7 Å². The van der Waals surface area contributed by atoms with E-state index in [1.807, 2.05) is 0 Å². The smallest absolute Gasteiger partial charge is 0.244 e. The van der Waals surface area contributed by atoms with E-state index in [0.29, 0.717) is 0 Å². The summed E-state index contributed by atoms with van der Waals surface area (Å²) in [5.41, 5.74) is 30.7. The molecular formula is C20H32N10O3S. The van der Waals surface area contributed by atoms with Gasteiger partial charge in [0.15, 0.2) is 18.0 Å². The number of aliphatic imine (C=N–C) groups is 2. The van der Waals surface area contributed by atoms with E-state index in [1.165, 1.54) is 30.7 Å². The van der Waals surface area contributed by atoms with Crippen molar-refractivity contribution in [3.8, 4) is 11.8 Å². The van der Waals surface area contributed by atoms with Gasteiger partial charge in [0.25, 0.3) is 0 Å². The van der Waals surface area contributed by atoms with E-state index in [9.17, 15) is 14.4 Å². The fourth-order valence-corrected chi connectivity index (χ4v) is 2.49. The van der Waals surface area contributed by atoms with Gasteiger partial charge in [-0.25, -0.2) is 4.99 Å². The number of Topliss-reactive ketones (excluding diaryl/α,β-unsaturated/α-hetero) is 1. The average molecular weight is 493 g/mol. The number of nitrogens with two attached hydrogens (primary N) is 6. The number of carbonyl (C=O) groups excluding carboxylic acids is 3. The molecule has 13 nitrogen and oxygen atoms in total. The maximum absolute atomic E-state index is 12.6. The molecule has 0 aliphatic heterocycles. The van der Waals surface area contributed by atoms with Crippen molar-refractivity contribution in [3.05, 3.63) is 35.2 Å². The number of nitrogens with one attached hydrogen (secondary N) is 2. The fraction of sp³-hybridized carbons (Fsp3) is 0.350. The van der Waals surface area contributed by atoms with Gasteiger partial charge >= 0.3 is 0 Å². The Kier molecular flexibility index (Phi) is 13.9. The zero-order chi connectivity index (χ0) is 26.1. The van der Waals surface area contributed by atoms with Gasteiger partial charge in [0.05, 0.1) is 24.5 Å². The van der Waals surface area contributed by atoms with E-state index < -0.39 is 35.7 Å². The molecule has 0 spiro atoms. The second-order valence-electron chi connectivity index (χ2n) is 6.75. The number of guanidine groups is 2. The fourth-order valence-electron chi connectivity index (χ4n) is 2.02. The summed E-state index contributed by atoms with van der Waals surface area (Å²) in [6.07, 6.45) is 4.38. The van der Waals surface area contributed by atoms with Gasteiger partial charge in [0.1, 0.15) is 5.54 Å². The van der Waals surface area contributed by atoms with E-state index in [0.717, 1.165) is 11.8 Å². The lowest BCUT2D eigenvalue weighted by Crippen LogP contribution is -2.53. The number of hydrogen-bond donors (Lipinski definition) is 8. The third-order valence-electron chi connectivity index (χ3n) is 3.65. The Labute approximate surface area is 202 Å². The van der Waals surface area contributed by atoms with Crippen LogP contribution in [0.1, 0.15) is 13.3 Å². The van der Waals surface area contributed by atoms with Crippen molar-refractivity contribution in [2.45, 2.75) is 24.9 Å². The largest absolute Gasteiger partial charge is 0.404 e. The average Bonchev–Trinajstić information content (AvgIpc) is 2.76. The first-order valence-electron chi connectivity index (χ1n) is 9.80. The van der Waals surface area contributed by atoms with Crippen LogP contribution in [0.3, 0.4) is 0 Å². The molecule has 1 unspecified atom stereocenters. The van der Waals surface area contributed by atoms with Gasteiger partial charge in [-0.1, -0.05) is 42.3 Å². The van der Waals surface area contributed by atoms with Crippen LogP contribution < -0.4 is 45.0 Å². The number of ketones is 1. The van der Waals surface area contributed by atoms with Gasteiger partial charge in [-0.05, 0) is 12.3 Å². The highest BCUT2D eigenvalue weighted by molar-refractivity contribution is 8.06. The Morgan fingerprint density at radius 3 is 2.41 bits per heavy atom. The lowest BCUT2D eigenvalue weighted by atomic mass is 10.0. The van der Waals surface area contributed by atoms with Crippen molar-refractivity contribution in [1.82, 2.24) is 10.6 Å². The third-order valence-corrected chi connectivity index (χ3v) is 4.43. The van der Waals surface area contributed by atoms with Crippen LogP contribution in [0, 0.1) is 11.8 Å². The molecule has 0 radical (unpaired) electrons. The van der Waals surface area contributed by atoms with E-state index in [1.54, 1.807) is 0 Å². The molecule has 0 bridgehead atoms. The van der Waals surface area contributed by atoms with Crippen LogP contribution in [0.2, 0.25) is 0 Å². The van der Waals surface area contributed by atoms with Gasteiger partial charge in [0.2, 0.25) is 17.6 Å². The maximum atomic E-state index is 12.6. The first-order chi connectivity index (χ1) is 15.9. The second kappa shape index (κ2) is 15.8. The van der Waals surface area contributed by atoms with Crippen molar-refractivity contribution in [2.75, 3.05) is 19.6 Å².